The van der Waals surface area contributed by atoms with Gasteiger partial charge in [-0.25, -0.2) is 13.1 Å². The van der Waals surface area contributed by atoms with Gasteiger partial charge in [0.1, 0.15) is 5.88 Å². The Kier molecular flexibility index (Phi) is 7.46. The van der Waals surface area contributed by atoms with Gasteiger partial charge in [-0.05, 0) is 98.9 Å². The Bertz CT molecular complexity index is 1270. The number of aryl methyl sites for hydroxylation is 1. The maximum Gasteiger partial charge on any atom is 0.241 e. The van der Waals surface area contributed by atoms with Gasteiger partial charge in [-0.3, -0.25) is 4.79 Å². The van der Waals surface area contributed by atoms with Gasteiger partial charge in [-0.1, -0.05) is 37.5 Å². The first-order valence-corrected chi connectivity index (χ1v) is 14.4. The minimum atomic E-state index is -3.64. The maximum absolute atomic E-state index is 13.0. The number of benzene rings is 2. The van der Waals surface area contributed by atoms with E-state index in [0.717, 1.165) is 40.8 Å². The lowest BCUT2D eigenvalue weighted by Gasteiger charge is -2.26. The molecule has 35 heavy (non-hydrogen) atoms. The molecule has 0 radical (unpaired) electrons. The molecule has 5 nitrogen and oxygen atoms in total. The summed E-state index contributed by atoms with van der Waals surface area (Å²) >= 11 is 5.80. The Labute approximate surface area is 214 Å². The summed E-state index contributed by atoms with van der Waals surface area (Å²) < 4.78 is 28.8. The summed E-state index contributed by atoms with van der Waals surface area (Å²) in [5.74, 6) is 0.0768. The van der Waals surface area contributed by atoms with Gasteiger partial charge in [0.25, 0.3) is 0 Å². The molecule has 0 saturated heterocycles. The molecule has 0 heterocycles. The summed E-state index contributed by atoms with van der Waals surface area (Å²) in [5.41, 5.74) is 6.87. The van der Waals surface area contributed by atoms with Crippen molar-refractivity contribution in [3.05, 3.63) is 58.7 Å². The van der Waals surface area contributed by atoms with Gasteiger partial charge >= 0.3 is 0 Å². The monoisotopic (exact) mass is 514 g/mol. The topological polar surface area (TPSA) is 75.3 Å². The van der Waals surface area contributed by atoms with Crippen molar-refractivity contribution in [2.24, 2.45) is 5.92 Å². The van der Waals surface area contributed by atoms with E-state index in [1.165, 1.54) is 30.4 Å². The van der Waals surface area contributed by atoms with Crippen molar-refractivity contribution in [3.8, 4) is 0 Å². The summed E-state index contributed by atoms with van der Waals surface area (Å²) in [6, 6.07) is 11.6. The van der Waals surface area contributed by atoms with Gasteiger partial charge in [0.15, 0.2) is 0 Å². The quantitative estimate of drug-likeness (QED) is 0.444. The molecule has 2 aliphatic carbocycles. The van der Waals surface area contributed by atoms with E-state index in [9.17, 15) is 13.2 Å². The van der Waals surface area contributed by atoms with Crippen LogP contribution in [0.3, 0.4) is 0 Å². The zero-order valence-corrected chi connectivity index (χ0v) is 22.6. The molecule has 0 spiro atoms. The summed E-state index contributed by atoms with van der Waals surface area (Å²) in [6.07, 6.45) is 6.53. The second-order valence-electron chi connectivity index (χ2n) is 10.8. The number of halogens is 1. The number of rotatable bonds is 6. The van der Waals surface area contributed by atoms with E-state index in [4.69, 9.17) is 11.6 Å². The van der Waals surface area contributed by atoms with Crippen LogP contribution in [0, 0.1) is 12.8 Å². The summed E-state index contributed by atoms with van der Waals surface area (Å²) in [7, 11) is -3.64. The fourth-order valence-corrected chi connectivity index (χ4v) is 6.90. The van der Waals surface area contributed by atoms with Crippen molar-refractivity contribution < 1.29 is 13.2 Å². The SMILES string of the molecule is Cc1ccc(C2=C(C3CCCCC3)c3ccc(S(=O)(=O)NC(C)(C)C)cc3C2)c(NC(=O)CCl)c1. The Morgan fingerprint density at radius 1 is 1.03 bits per heavy atom. The highest BCUT2D eigenvalue weighted by Gasteiger charge is 2.32. The number of carbonyl (C=O) groups is 1. The molecule has 1 saturated carbocycles. The number of allylic oxidation sites excluding steroid dienone is 2. The van der Waals surface area contributed by atoms with Crippen LogP contribution in [0.5, 0.6) is 0 Å². The average Bonchev–Trinajstić information content (AvgIpc) is 3.16. The highest BCUT2D eigenvalue weighted by molar-refractivity contribution is 7.89. The molecule has 1 amide bonds. The molecular weight excluding hydrogens is 480 g/mol. The van der Waals surface area contributed by atoms with Gasteiger partial charge in [-0.15, -0.1) is 11.6 Å². The molecule has 188 valence electrons. The Hall–Kier alpha value is -2.15. The van der Waals surface area contributed by atoms with Crippen LogP contribution in [-0.2, 0) is 21.2 Å². The van der Waals surface area contributed by atoms with Crippen LogP contribution in [0.15, 0.2) is 41.3 Å². The summed E-state index contributed by atoms with van der Waals surface area (Å²) in [5, 5.41) is 2.98. The highest BCUT2D eigenvalue weighted by atomic mass is 35.5. The van der Waals surface area contributed by atoms with Crippen LogP contribution >= 0.6 is 11.6 Å². The largest absolute Gasteiger partial charge is 0.324 e. The minimum Gasteiger partial charge on any atom is -0.324 e. The van der Waals surface area contributed by atoms with Crippen molar-refractivity contribution in [3.63, 3.8) is 0 Å². The molecule has 0 aliphatic heterocycles. The molecule has 1 fully saturated rings. The van der Waals surface area contributed by atoms with E-state index < -0.39 is 15.6 Å². The van der Waals surface area contributed by atoms with E-state index in [1.807, 2.05) is 45.9 Å². The van der Waals surface area contributed by atoms with Gasteiger partial charge in [0, 0.05) is 16.8 Å². The predicted molar refractivity (Wildman–Crippen MR) is 144 cm³/mol. The number of hydrogen-bond acceptors (Lipinski definition) is 3. The van der Waals surface area contributed by atoms with E-state index in [1.54, 1.807) is 6.07 Å². The van der Waals surface area contributed by atoms with Crippen molar-refractivity contribution in [2.45, 2.75) is 76.7 Å². The van der Waals surface area contributed by atoms with Gasteiger partial charge in [0.2, 0.25) is 15.9 Å². The van der Waals surface area contributed by atoms with E-state index >= 15 is 0 Å². The third kappa shape index (κ3) is 5.82. The second kappa shape index (κ2) is 10.1. The van der Waals surface area contributed by atoms with Crippen molar-refractivity contribution in [1.29, 1.82) is 0 Å². The van der Waals surface area contributed by atoms with Crippen LogP contribution < -0.4 is 10.0 Å². The number of hydrogen-bond donors (Lipinski definition) is 2. The third-order valence-electron chi connectivity index (χ3n) is 6.72. The molecule has 2 N–H and O–H groups in total. The van der Waals surface area contributed by atoms with Crippen LogP contribution in [0.1, 0.15) is 75.1 Å². The van der Waals surface area contributed by atoms with Gasteiger partial charge < -0.3 is 5.32 Å². The molecule has 0 bridgehead atoms. The van der Waals surface area contributed by atoms with Crippen molar-refractivity contribution in [2.75, 3.05) is 11.2 Å². The van der Waals surface area contributed by atoms with Crippen LogP contribution in [0.2, 0.25) is 0 Å². The Morgan fingerprint density at radius 2 is 1.71 bits per heavy atom. The standard InChI is InChI=1S/C28H35ClN2O3S/c1-18-10-12-23(25(14-18)30-26(32)17-29)24-16-20-15-21(35(33,34)31-28(2,3)4)11-13-22(20)27(24)19-8-6-5-7-9-19/h10-15,19,31H,5-9,16-17H2,1-4H3,(H,30,32). The summed E-state index contributed by atoms with van der Waals surface area (Å²) in [6.45, 7) is 7.52. The first-order chi connectivity index (χ1) is 16.5. The number of fused-ring (bicyclic) bond motifs is 1. The average molecular weight is 515 g/mol. The van der Waals surface area contributed by atoms with Crippen molar-refractivity contribution >= 4 is 44.4 Å². The Morgan fingerprint density at radius 3 is 2.37 bits per heavy atom. The number of alkyl halides is 1. The first kappa shape index (κ1) is 25.9. The smallest absolute Gasteiger partial charge is 0.241 e. The normalized spacial score (nSPS) is 16.9. The molecule has 7 heteroatoms. The number of anilines is 1. The molecule has 0 unspecified atom stereocenters. The van der Waals surface area contributed by atoms with E-state index in [2.05, 4.69) is 22.2 Å². The van der Waals surface area contributed by atoms with E-state index in [-0.39, 0.29) is 16.7 Å². The first-order valence-electron chi connectivity index (χ1n) is 12.4. The number of nitrogens with one attached hydrogen (secondary N) is 2. The van der Waals surface area contributed by atoms with Crippen molar-refractivity contribution in [1.82, 2.24) is 4.72 Å². The van der Waals surface area contributed by atoms with Gasteiger partial charge in [0.05, 0.1) is 4.90 Å². The number of sulfonamides is 1. The third-order valence-corrected chi connectivity index (χ3v) is 8.72. The molecule has 2 aromatic rings. The molecular formula is C28H35ClN2O3S. The highest BCUT2D eigenvalue weighted by Crippen LogP contribution is 2.48. The zero-order valence-electron chi connectivity index (χ0n) is 21.0. The van der Waals surface area contributed by atoms with Crippen LogP contribution in [0.4, 0.5) is 5.69 Å². The zero-order chi connectivity index (χ0) is 25.4. The molecule has 2 aromatic carbocycles. The number of carbonyl (C=O) groups excluding carboxylic acids is 1. The lowest BCUT2D eigenvalue weighted by atomic mass is 9.79. The lowest BCUT2D eigenvalue weighted by molar-refractivity contribution is -0.113. The molecule has 0 atom stereocenters. The van der Waals surface area contributed by atoms with Crippen LogP contribution in [-0.4, -0.2) is 25.7 Å². The Balaban J connectivity index is 1.82. The van der Waals surface area contributed by atoms with E-state index in [0.29, 0.717) is 12.3 Å². The molecule has 0 aromatic heterocycles. The molecule has 4 rings (SSSR count). The fraction of sp³-hybridized carbons (Fsp3) is 0.464. The fourth-order valence-electron chi connectivity index (χ4n) is 5.36. The van der Waals surface area contributed by atoms with Crippen LogP contribution in [0.25, 0.3) is 11.1 Å². The summed E-state index contributed by atoms with van der Waals surface area (Å²) in [4.78, 5) is 12.5. The van der Waals surface area contributed by atoms with Gasteiger partial charge in [-0.2, -0.15) is 0 Å². The second-order valence-corrected chi connectivity index (χ2v) is 12.8. The lowest BCUT2D eigenvalue weighted by Crippen LogP contribution is -2.40. The predicted octanol–water partition coefficient (Wildman–Crippen LogP) is 6.30. The molecule has 2 aliphatic rings. The minimum absolute atomic E-state index is 0.107. The maximum atomic E-state index is 13.0. The number of amides is 1.